The van der Waals surface area contributed by atoms with Crippen LogP contribution in [0.5, 0.6) is 0 Å². The summed E-state index contributed by atoms with van der Waals surface area (Å²) in [5, 5.41) is 0. The highest BCUT2D eigenvalue weighted by molar-refractivity contribution is 9.10. The van der Waals surface area contributed by atoms with Gasteiger partial charge < -0.3 is 11.5 Å². The molecule has 0 amide bonds. The first-order valence-electron chi connectivity index (χ1n) is 5.60. The van der Waals surface area contributed by atoms with Crippen molar-refractivity contribution in [2.24, 2.45) is 11.5 Å². The van der Waals surface area contributed by atoms with Gasteiger partial charge in [0.05, 0.1) is 0 Å². The molecular weight excluding hydrogens is 356 g/mol. The average molecular weight is 370 g/mol. The zero-order valence-electron chi connectivity index (χ0n) is 9.68. The van der Waals surface area contributed by atoms with E-state index in [1.807, 2.05) is 48.5 Å². The van der Waals surface area contributed by atoms with Crippen molar-refractivity contribution in [2.75, 3.05) is 0 Å². The summed E-state index contributed by atoms with van der Waals surface area (Å²) in [7, 11) is 0. The van der Waals surface area contributed by atoms with Crippen molar-refractivity contribution in [1.29, 1.82) is 0 Å². The molecule has 94 valence electrons. The number of halogens is 2. The Morgan fingerprint density at radius 3 is 1.44 bits per heavy atom. The standard InChI is InChI=1S/C14H14Br2N2/c15-11-5-1-3-9(7-11)13(17)14(18)10-4-2-6-12(16)8-10/h1-8,13-14H,17-18H2/t13-,14-/m1/s1. The molecule has 0 aliphatic carbocycles. The lowest BCUT2D eigenvalue weighted by molar-refractivity contribution is 0.574. The Kier molecular flexibility index (Phi) is 4.56. The van der Waals surface area contributed by atoms with Crippen LogP contribution in [0.1, 0.15) is 23.2 Å². The fourth-order valence-electron chi connectivity index (χ4n) is 1.84. The van der Waals surface area contributed by atoms with Crippen molar-refractivity contribution in [3.05, 3.63) is 68.6 Å². The molecule has 4 N–H and O–H groups in total. The van der Waals surface area contributed by atoms with E-state index in [1.54, 1.807) is 0 Å². The second-order valence-electron chi connectivity index (χ2n) is 4.16. The summed E-state index contributed by atoms with van der Waals surface area (Å²) in [5.74, 6) is 0. The van der Waals surface area contributed by atoms with Crippen LogP contribution in [0.2, 0.25) is 0 Å². The molecule has 0 saturated carbocycles. The fourth-order valence-corrected chi connectivity index (χ4v) is 2.68. The monoisotopic (exact) mass is 368 g/mol. The largest absolute Gasteiger partial charge is 0.322 e. The van der Waals surface area contributed by atoms with Crippen LogP contribution in [0.25, 0.3) is 0 Å². The zero-order valence-corrected chi connectivity index (χ0v) is 12.9. The molecule has 4 heteroatoms. The average Bonchev–Trinajstić information content (AvgIpc) is 2.37. The summed E-state index contributed by atoms with van der Waals surface area (Å²) in [6.45, 7) is 0. The van der Waals surface area contributed by atoms with Gasteiger partial charge in [-0.3, -0.25) is 0 Å². The molecule has 0 heterocycles. The molecule has 0 fully saturated rings. The van der Waals surface area contributed by atoms with Gasteiger partial charge in [0.15, 0.2) is 0 Å². The van der Waals surface area contributed by atoms with E-state index in [-0.39, 0.29) is 12.1 Å². The van der Waals surface area contributed by atoms with Gasteiger partial charge in [-0.15, -0.1) is 0 Å². The lowest BCUT2D eigenvalue weighted by atomic mass is 9.95. The van der Waals surface area contributed by atoms with Gasteiger partial charge in [-0.25, -0.2) is 0 Å². The number of hydrogen-bond acceptors (Lipinski definition) is 2. The highest BCUT2D eigenvalue weighted by atomic mass is 79.9. The van der Waals surface area contributed by atoms with Gasteiger partial charge in [0.25, 0.3) is 0 Å². The number of hydrogen-bond donors (Lipinski definition) is 2. The Labute approximate surface area is 124 Å². The van der Waals surface area contributed by atoms with Gasteiger partial charge in [-0.2, -0.15) is 0 Å². The minimum atomic E-state index is -0.225. The van der Waals surface area contributed by atoms with E-state index < -0.39 is 0 Å². The first-order valence-corrected chi connectivity index (χ1v) is 7.18. The molecule has 2 aromatic carbocycles. The van der Waals surface area contributed by atoms with E-state index in [1.165, 1.54) is 0 Å². The highest BCUT2D eigenvalue weighted by Crippen LogP contribution is 2.27. The second kappa shape index (κ2) is 5.97. The molecule has 2 aromatic rings. The minimum absolute atomic E-state index is 0.225. The molecule has 2 nitrogen and oxygen atoms in total. The van der Waals surface area contributed by atoms with Gasteiger partial charge in [0, 0.05) is 21.0 Å². The summed E-state index contributed by atoms with van der Waals surface area (Å²) in [6, 6.07) is 15.4. The maximum atomic E-state index is 6.23. The first kappa shape index (κ1) is 13.7. The van der Waals surface area contributed by atoms with Gasteiger partial charge in [-0.05, 0) is 35.4 Å². The molecule has 0 aliphatic rings. The van der Waals surface area contributed by atoms with Crippen LogP contribution < -0.4 is 11.5 Å². The fraction of sp³-hybridized carbons (Fsp3) is 0.143. The molecule has 2 rings (SSSR count). The quantitative estimate of drug-likeness (QED) is 0.861. The SMILES string of the molecule is N[C@H](c1cccc(Br)c1)[C@H](N)c1cccc(Br)c1. The lowest BCUT2D eigenvalue weighted by Crippen LogP contribution is -2.26. The Hall–Kier alpha value is -0.680. The van der Waals surface area contributed by atoms with E-state index in [0.717, 1.165) is 20.1 Å². The van der Waals surface area contributed by atoms with Crippen molar-refractivity contribution in [1.82, 2.24) is 0 Å². The van der Waals surface area contributed by atoms with Crippen molar-refractivity contribution in [2.45, 2.75) is 12.1 Å². The Bertz CT molecular complexity index is 493. The molecule has 2 atom stereocenters. The van der Waals surface area contributed by atoms with E-state index >= 15 is 0 Å². The third-order valence-corrected chi connectivity index (χ3v) is 3.84. The zero-order chi connectivity index (χ0) is 13.1. The summed E-state index contributed by atoms with van der Waals surface area (Å²) >= 11 is 6.89. The normalized spacial score (nSPS) is 14.2. The van der Waals surface area contributed by atoms with Gasteiger partial charge >= 0.3 is 0 Å². The number of rotatable bonds is 3. The van der Waals surface area contributed by atoms with Crippen LogP contribution in [0.15, 0.2) is 57.5 Å². The van der Waals surface area contributed by atoms with Crippen molar-refractivity contribution in [3.8, 4) is 0 Å². The summed E-state index contributed by atoms with van der Waals surface area (Å²) in [5.41, 5.74) is 14.5. The first-order chi connectivity index (χ1) is 8.58. The molecule has 0 bridgehead atoms. The molecule has 0 saturated heterocycles. The van der Waals surface area contributed by atoms with Crippen molar-refractivity contribution < 1.29 is 0 Å². The van der Waals surface area contributed by atoms with E-state index in [9.17, 15) is 0 Å². The Morgan fingerprint density at radius 2 is 1.11 bits per heavy atom. The van der Waals surface area contributed by atoms with Crippen LogP contribution in [-0.4, -0.2) is 0 Å². The van der Waals surface area contributed by atoms with E-state index in [2.05, 4.69) is 31.9 Å². The van der Waals surface area contributed by atoms with E-state index in [4.69, 9.17) is 11.5 Å². The maximum Gasteiger partial charge on any atom is 0.0491 e. The number of benzene rings is 2. The second-order valence-corrected chi connectivity index (χ2v) is 5.99. The third-order valence-electron chi connectivity index (χ3n) is 2.85. The predicted octanol–water partition coefficient (Wildman–Crippen LogP) is 3.91. The predicted molar refractivity (Wildman–Crippen MR) is 82.1 cm³/mol. The van der Waals surface area contributed by atoms with Crippen molar-refractivity contribution >= 4 is 31.9 Å². The molecule has 0 radical (unpaired) electrons. The third kappa shape index (κ3) is 3.20. The Morgan fingerprint density at radius 1 is 0.722 bits per heavy atom. The van der Waals surface area contributed by atoms with Crippen LogP contribution in [0.4, 0.5) is 0 Å². The van der Waals surface area contributed by atoms with Crippen LogP contribution >= 0.6 is 31.9 Å². The molecular formula is C14H14Br2N2. The van der Waals surface area contributed by atoms with Gasteiger partial charge in [-0.1, -0.05) is 56.1 Å². The summed E-state index contributed by atoms with van der Waals surface area (Å²) < 4.78 is 2.02. The smallest absolute Gasteiger partial charge is 0.0491 e. The topological polar surface area (TPSA) is 52.0 Å². The van der Waals surface area contributed by atoms with Crippen LogP contribution in [0.3, 0.4) is 0 Å². The summed E-state index contributed by atoms with van der Waals surface area (Å²) in [6.07, 6.45) is 0. The highest BCUT2D eigenvalue weighted by Gasteiger charge is 2.17. The molecule has 0 spiro atoms. The molecule has 0 unspecified atom stereocenters. The van der Waals surface area contributed by atoms with Crippen LogP contribution in [-0.2, 0) is 0 Å². The number of nitrogens with two attached hydrogens (primary N) is 2. The minimum Gasteiger partial charge on any atom is -0.322 e. The van der Waals surface area contributed by atoms with Crippen LogP contribution in [0, 0.1) is 0 Å². The maximum absolute atomic E-state index is 6.23. The lowest BCUT2D eigenvalue weighted by Gasteiger charge is -2.21. The molecule has 0 aromatic heterocycles. The van der Waals surface area contributed by atoms with Crippen molar-refractivity contribution in [3.63, 3.8) is 0 Å². The van der Waals surface area contributed by atoms with Gasteiger partial charge in [0.2, 0.25) is 0 Å². The Balaban J connectivity index is 2.26. The summed E-state index contributed by atoms with van der Waals surface area (Å²) in [4.78, 5) is 0. The van der Waals surface area contributed by atoms with E-state index in [0.29, 0.717) is 0 Å². The van der Waals surface area contributed by atoms with Gasteiger partial charge in [0.1, 0.15) is 0 Å². The molecule has 0 aliphatic heterocycles. The molecule has 18 heavy (non-hydrogen) atoms.